The van der Waals surface area contributed by atoms with E-state index in [1.165, 1.54) is 6.92 Å². The average Bonchev–Trinajstić information content (AvgIpc) is 2.34. The quantitative estimate of drug-likeness (QED) is 0.365. The molecule has 0 saturated heterocycles. The first kappa shape index (κ1) is 17.7. The van der Waals surface area contributed by atoms with Crippen molar-refractivity contribution in [1.82, 2.24) is 0 Å². The molecule has 0 aliphatic heterocycles. The fourth-order valence-electron chi connectivity index (χ4n) is 1.68. The number of rotatable bonds is 3. The molecule has 1 rings (SSSR count). The van der Waals surface area contributed by atoms with Crippen LogP contribution >= 0.6 is 0 Å². The summed E-state index contributed by atoms with van der Waals surface area (Å²) in [5.41, 5.74) is -7.97. The van der Waals surface area contributed by atoms with Gasteiger partial charge in [-0.15, -0.1) is 0 Å². The Hall–Kier alpha value is -2.33. The van der Waals surface area contributed by atoms with Gasteiger partial charge in [0.25, 0.3) is 5.69 Å². The van der Waals surface area contributed by atoms with E-state index in [0.29, 0.717) is 0 Å². The summed E-state index contributed by atoms with van der Waals surface area (Å²) in [5.74, 6) is -1.52. The molecule has 0 radical (unpaired) electrons. The lowest BCUT2D eigenvalue weighted by Gasteiger charge is -2.16. The summed E-state index contributed by atoms with van der Waals surface area (Å²) in [6.07, 6.45) is -11.2. The lowest BCUT2D eigenvalue weighted by molar-refractivity contribution is -0.388. The molecule has 0 saturated carbocycles. The molecule has 1 aromatic rings. The van der Waals surface area contributed by atoms with Crippen molar-refractivity contribution in [2.45, 2.75) is 19.3 Å². The minimum atomic E-state index is -5.68. The lowest BCUT2D eigenvalue weighted by Crippen LogP contribution is -2.21. The van der Waals surface area contributed by atoms with Crippen LogP contribution in [0.15, 0.2) is 12.1 Å². The van der Waals surface area contributed by atoms with Crippen LogP contribution in [0.1, 0.15) is 28.4 Å². The number of carbonyl (C=O) groups excluding carboxylic acids is 1. The molecule has 0 atom stereocenters. The molecular formula is C11H7F6NO4. The molecule has 11 heteroatoms. The zero-order chi connectivity index (χ0) is 17.3. The fourth-order valence-corrected chi connectivity index (χ4v) is 1.68. The highest BCUT2D eigenvalue weighted by Gasteiger charge is 2.50. The maximum Gasteiger partial charge on any atom is 0.423 e. The van der Waals surface area contributed by atoms with Crippen molar-refractivity contribution >= 4 is 11.7 Å². The van der Waals surface area contributed by atoms with E-state index in [9.17, 15) is 41.3 Å². The first-order valence-corrected chi connectivity index (χ1v) is 5.54. The van der Waals surface area contributed by atoms with Gasteiger partial charge in [0.05, 0.1) is 17.1 Å². The van der Waals surface area contributed by atoms with Gasteiger partial charge in [0.15, 0.2) is 0 Å². The van der Waals surface area contributed by atoms with E-state index in [0.717, 1.165) is 0 Å². The van der Waals surface area contributed by atoms with Crippen LogP contribution in [0.2, 0.25) is 0 Å². The Bertz CT molecular complexity index is 608. The van der Waals surface area contributed by atoms with Gasteiger partial charge in [-0.1, -0.05) is 0 Å². The SMILES string of the molecule is CCOC(=O)c1ccc(C(F)(F)F)c(C(F)(F)F)c1[N+](=O)[O-]. The second-order valence-corrected chi connectivity index (χ2v) is 3.86. The van der Waals surface area contributed by atoms with Gasteiger partial charge in [0.2, 0.25) is 0 Å². The number of halogens is 6. The topological polar surface area (TPSA) is 69.4 Å². The molecule has 22 heavy (non-hydrogen) atoms. The first-order valence-electron chi connectivity index (χ1n) is 5.54. The first-order chi connectivity index (χ1) is 9.91. The van der Waals surface area contributed by atoms with E-state index in [2.05, 4.69) is 4.74 Å². The van der Waals surface area contributed by atoms with Crippen LogP contribution in [0.4, 0.5) is 32.0 Å². The van der Waals surface area contributed by atoms with E-state index in [4.69, 9.17) is 0 Å². The maximum atomic E-state index is 12.9. The van der Waals surface area contributed by atoms with Gasteiger partial charge in [-0.3, -0.25) is 10.1 Å². The molecule has 0 N–H and O–H groups in total. The third-order valence-electron chi connectivity index (χ3n) is 2.44. The summed E-state index contributed by atoms with van der Waals surface area (Å²) >= 11 is 0. The van der Waals surface area contributed by atoms with Crippen LogP contribution in [0.3, 0.4) is 0 Å². The van der Waals surface area contributed by atoms with Gasteiger partial charge in [0, 0.05) is 0 Å². The van der Waals surface area contributed by atoms with Gasteiger partial charge in [-0.2, -0.15) is 26.3 Å². The molecule has 0 fully saturated rings. The van der Waals surface area contributed by atoms with Crippen LogP contribution in [-0.4, -0.2) is 17.5 Å². The molecule has 0 aliphatic carbocycles. The van der Waals surface area contributed by atoms with Crippen molar-refractivity contribution in [3.05, 3.63) is 38.9 Å². The van der Waals surface area contributed by atoms with Gasteiger partial charge in [0.1, 0.15) is 11.1 Å². The monoisotopic (exact) mass is 331 g/mol. The highest BCUT2D eigenvalue weighted by molar-refractivity contribution is 5.95. The number of hydrogen-bond acceptors (Lipinski definition) is 4. The van der Waals surface area contributed by atoms with Gasteiger partial charge >= 0.3 is 18.3 Å². The minimum absolute atomic E-state index is 0.0396. The molecule has 1 aromatic carbocycles. The van der Waals surface area contributed by atoms with Crippen molar-refractivity contribution < 1.29 is 40.8 Å². The van der Waals surface area contributed by atoms with E-state index in [-0.39, 0.29) is 18.7 Å². The number of nitrogens with zero attached hydrogens (tertiary/aromatic N) is 1. The molecule has 122 valence electrons. The Morgan fingerprint density at radius 2 is 1.73 bits per heavy atom. The Morgan fingerprint density at radius 1 is 1.18 bits per heavy atom. The third kappa shape index (κ3) is 3.46. The number of nitro groups is 1. The van der Waals surface area contributed by atoms with E-state index >= 15 is 0 Å². The second-order valence-electron chi connectivity index (χ2n) is 3.86. The number of nitro benzene ring substituents is 1. The zero-order valence-electron chi connectivity index (χ0n) is 10.7. The highest BCUT2D eigenvalue weighted by atomic mass is 19.4. The molecule has 0 bridgehead atoms. The van der Waals surface area contributed by atoms with E-state index < -0.39 is 45.6 Å². The summed E-state index contributed by atoms with van der Waals surface area (Å²) in [4.78, 5) is 20.6. The van der Waals surface area contributed by atoms with Crippen LogP contribution < -0.4 is 0 Å². The Labute approximate surface area is 118 Å². The molecule has 0 amide bonds. The van der Waals surface area contributed by atoms with Crippen LogP contribution in [0, 0.1) is 10.1 Å². The molecule has 5 nitrogen and oxygen atoms in total. The smallest absolute Gasteiger partial charge is 0.423 e. The van der Waals surface area contributed by atoms with E-state index in [1.54, 1.807) is 0 Å². The second kappa shape index (κ2) is 5.81. The molecular weight excluding hydrogens is 324 g/mol. The standard InChI is InChI=1S/C11H7F6NO4/c1-2-22-9(19)5-3-4-6(10(12,13)14)7(11(15,16)17)8(5)18(20)21/h3-4H,2H2,1H3. The van der Waals surface area contributed by atoms with Crippen LogP contribution in [-0.2, 0) is 17.1 Å². The summed E-state index contributed by atoms with van der Waals surface area (Å²) in [6, 6.07) is 0.246. The number of esters is 1. The van der Waals surface area contributed by atoms with E-state index in [1.807, 2.05) is 0 Å². The molecule has 0 heterocycles. The normalized spacial score (nSPS) is 12.1. The summed E-state index contributed by atoms with van der Waals surface area (Å²) < 4.78 is 80.9. The van der Waals surface area contributed by atoms with Crippen LogP contribution in [0.5, 0.6) is 0 Å². The van der Waals surface area contributed by atoms with Crippen molar-refractivity contribution in [2.24, 2.45) is 0 Å². The number of benzene rings is 1. The van der Waals surface area contributed by atoms with Gasteiger partial charge in [-0.05, 0) is 19.1 Å². The third-order valence-corrected chi connectivity index (χ3v) is 2.44. The Kier molecular flexibility index (Phi) is 4.68. The maximum absolute atomic E-state index is 12.9. The number of carbonyl (C=O) groups is 1. The van der Waals surface area contributed by atoms with Crippen LogP contribution in [0.25, 0.3) is 0 Å². The minimum Gasteiger partial charge on any atom is -0.462 e. The molecule has 0 spiro atoms. The molecule has 0 unspecified atom stereocenters. The lowest BCUT2D eigenvalue weighted by atomic mass is 9.99. The van der Waals surface area contributed by atoms with Crippen molar-refractivity contribution in [3.63, 3.8) is 0 Å². The molecule has 0 aliphatic rings. The predicted molar refractivity (Wildman–Crippen MR) is 59.1 cm³/mol. The average molecular weight is 331 g/mol. The zero-order valence-corrected chi connectivity index (χ0v) is 10.7. The summed E-state index contributed by atoms with van der Waals surface area (Å²) in [7, 11) is 0. The van der Waals surface area contributed by atoms with Gasteiger partial charge in [-0.25, -0.2) is 4.79 Å². The van der Waals surface area contributed by atoms with Crippen molar-refractivity contribution in [1.29, 1.82) is 0 Å². The Morgan fingerprint density at radius 3 is 2.09 bits per heavy atom. The number of hydrogen-bond donors (Lipinski definition) is 0. The Balaban J connectivity index is 3.82. The summed E-state index contributed by atoms with van der Waals surface area (Å²) in [6.45, 7) is 0.955. The van der Waals surface area contributed by atoms with Crippen molar-refractivity contribution in [3.8, 4) is 0 Å². The number of alkyl halides is 6. The highest BCUT2D eigenvalue weighted by Crippen LogP contribution is 2.46. The predicted octanol–water partition coefficient (Wildman–Crippen LogP) is 3.81. The summed E-state index contributed by atoms with van der Waals surface area (Å²) in [5, 5.41) is 10.8. The van der Waals surface area contributed by atoms with Crippen molar-refractivity contribution in [2.75, 3.05) is 6.61 Å². The fraction of sp³-hybridized carbons (Fsp3) is 0.364. The molecule has 0 aromatic heterocycles. The largest absolute Gasteiger partial charge is 0.462 e. The van der Waals surface area contributed by atoms with Gasteiger partial charge < -0.3 is 4.74 Å². The number of ether oxygens (including phenoxy) is 1.